The van der Waals surface area contributed by atoms with Gasteiger partial charge in [-0.1, -0.05) is 6.07 Å². The van der Waals surface area contributed by atoms with Gasteiger partial charge in [0.25, 0.3) is 0 Å². The van der Waals surface area contributed by atoms with Crippen LogP contribution in [0.15, 0.2) is 17.5 Å². The van der Waals surface area contributed by atoms with Gasteiger partial charge in [-0.25, -0.2) is 0 Å². The standard InChI is InChI=1S/C6H10N2S/c7-4-5(8)6-2-1-3-9-6/h1-3,5H,4,7-8H2/t5-/m0/s1. The molecule has 0 bridgehead atoms. The molecule has 0 unspecified atom stereocenters. The SMILES string of the molecule is NC[C@H](N)c1cccs1. The second-order valence-electron chi connectivity index (χ2n) is 1.86. The van der Waals surface area contributed by atoms with E-state index in [9.17, 15) is 0 Å². The molecule has 0 aliphatic rings. The van der Waals surface area contributed by atoms with Crippen LogP contribution in [0.4, 0.5) is 0 Å². The first kappa shape index (κ1) is 6.74. The maximum Gasteiger partial charge on any atom is 0.0514 e. The highest BCUT2D eigenvalue weighted by atomic mass is 32.1. The molecular weight excluding hydrogens is 132 g/mol. The first-order valence-electron chi connectivity index (χ1n) is 2.83. The summed E-state index contributed by atoms with van der Waals surface area (Å²) in [5.41, 5.74) is 11.0. The zero-order chi connectivity index (χ0) is 6.69. The fourth-order valence-corrected chi connectivity index (χ4v) is 1.36. The van der Waals surface area contributed by atoms with Crippen LogP contribution in [0, 0.1) is 0 Å². The van der Waals surface area contributed by atoms with E-state index in [1.807, 2.05) is 17.5 Å². The highest BCUT2D eigenvalue weighted by Crippen LogP contribution is 2.14. The van der Waals surface area contributed by atoms with Gasteiger partial charge in [0.2, 0.25) is 0 Å². The second kappa shape index (κ2) is 2.96. The molecule has 1 aromatic heterocycles. The minimum Gasteiger partial charge on any atom is -0.329 e. The third-order valence-corrected chi connectivity index (χ3v) is 2.17. The molecule has 2 nitrogen and oxygen atoms in total. The molecule has 3 heteroatoms. The van der Waals surface area contributed by atoms with Gasteiger partial charge in [-0.15, -0.1) is 11.3 Å². The van der Waals surface area contributed by atoms with Crippen molar-refractivity contribution >= 4 is 11.3 Å². The van der Waals surface area contributed by atoms with Crippen LogP contribution in [-0.2, 0) is 0 Å². The minimum atomic E-state index is 0.0324. The second-order valence-corrected chi connectivity index (χ2v) is 2.84. The van der Waals surface area contributed by atoms with Crippen molar-refractivity contribution in [1.82, 2.24) is 0 Å². The van der Waals surface area contributed by atoms with Crippen LogP contribution in [0.5, 0.6) is 0 Å². The van der Waals surface area contributed by atoms with E-state index in [2.05, 4.69) is 0 Å². The van der Waals surface area contributed by atoms with Crippen molar-refractivity contribution in [3.63, 3.8) is 0 Å². The Morgan fingerprint density at radius 1 is 1.67 bits per heavy atom. The summed E-state index contributed by atoms with van der Waals surface area (Å²) in [5, 5.41) is 2.00. The fourth-order valence-electron chi connectivity index (χ4n) is 0.618. The lowest BCUT2D eigenvalue weighted by molar-refractivity contribution is 0.752. The third-order valence-electron chi connectivity index (χ3n) is 1.16. The van der Waals surface area contributed by atoms with E-state index < -0.39 is 0 Å². The van der Waals surface area contributed by atoms with Gasteiger partial charge in [-0.05, 0) is 11.4 Å². The number of hydrogen-bond donors (Lipinski definition) is 2. The monoisotopic (exact) mass is 142 g/mol. The van der Waals surface area contributed by atoms with Gasteiger partial charge in [0.05, 0.1) is 6.04 Å². The van der Waals surface area contributed by atoms with Gasteiger partial charge in [-0.2, -0.15) is 0 Å². The molecule has 0 amide bonds. The molecule has 0 saturated carbocycles. The molecule has 50 valence electrons. The predicted octanol–water partition coefficient (Wildman–Crippen LogP) is 0.707. The molecule has 0 aliphatic carbocycles. The number of rotatable bonds is 2. The van der Waals surface area contributed by atoms with Gasteiger partial charge in [0.1, 0.15) is 0 Å². The maximum absolute atomic E-state index is 5.62. The van der Waals surface area contributed by atoms with E-state index >= 15 is 0 Å². The van der Waals surface area contributed by atoms with Crippen molar-refractivity contribution < 1.29 is 0 Å². The molecule has 1 atom stereocenters. The van der Waals surface area contributed by atoms with Crippen molar-refractivity contribution in [3.8, 4) is 0 Å². The summed E-state index contributed by atoms with van der Waals surface area (Å²) in [7, 11) is 0. The van der Waals surface area contributed by atoms with Crippen molar-refractivity contribution in [2.45, 2.75) is 6.04 Å². The first-order valence-corrected chi connectivity index (χ1v) is 3.71. The van der Waals surface area contributed by atoms with Crippen molar-refractivity contribution in [3.05, 3.63) is 22.4 Å². The fraction of sp³-hybridized carbons (Fsp3) is 0.333. The average molecular weight is 142 g/mol. The Kier molecular flexibility index (Phi) is 2.22. The lowest BCUT2D eigenvalue weighted by atomic mass is 10.3. The number of thiophene rings is 1. The van der Waals surface area contributed by atoms with Crippen LogP contribution in [0.25, 0.3) is 0 Å². The molecule has 0 saturated heterocycles. The quantitative estimate of drug-likeness (QED) is 0.639. The summed E-state index contributed by atoms with van der Waals surface area (Å²) in [5.74, 6) is 0. The Labute approximate surface area is 58.5 Å². The van der Waals surface area contributed by atoms with Gasteiger partial charge in [0, 0.05) is 11.4 Å². The summed E-state index contributed by atoms with van der Waals surface area (Å²) in [6.07, 6.45) is 0. The molecular formula is C6H10N2S. The van der Waals surface area contributed by atoms with E-state index in [1.165, 1.54) is 0 Å². The molecule has 0 spiro atoms. The van der Waals surface area contributed by atoms with Crippen LogP contribution in [0.2, 0.25) is 0 Å². The van der Waals surface area contributed by atoms with Crippen molar-refractivity contribution in [1.29, 1.82) is 0 Å². The summed E-state index contributed by atoms with van der Waals surface area (Å²) in [6.45, 7) is 0.528. The average Bonchev–Trinajstić information content (AvgIpc) is 2.37. The van der Waals surface area contributed by atoms with Crippen molar-refractivity contribution in [2.24, 2.45) is 11.5 Å². The zero-order valence-electron chi connectivity index (χ0n) is 5.08. The van der Waals surface area contributed by atoms with Gasteiger partial charge >= 0.3 is 0 Å². The molecule has 1 rings (SSSR count). The number of nitrogens with two attached hydrogens (primary N) is 2. The maximum atomic E-state index is 5.62. The molecule has 0 aromatic carbocycles. The smallest absolute Gasteiger partial charge is 0.0514 e. The van der Waals surface area contributed by atoms with Gasteiger partial charge < -0.3 is 11.5 Å². The van der Waals surface area contributed by atoms with E-state index in [-0.39, 0.29) is 6.04 Å². The largest absolute Gasteiger partial charge is 0.329 e. The molecule has 4 N–H and O–H groups in total. The lowest BCUT2D eigenvalue weighted by Crippen LogP contribution is -2.19. The Balaban J connectivity index is 2.65. The summed E-state index contributed by atoms with van der Waals surface area (Å²) in [6, 6.07) is 4.02. The Morgan fingerprint density at radius 2 is 2.44 bits per heavy atom. The molecule has 0 fully saturated rings. The molecule has 1 aromatic rings. The normalized spacial score (nSPS) is 13.6. The Morgan fingerprint density at radius 3 is 2.89 bits per heavy atom. The van der Waals surface area contributed by atoms with Crippen LogP contribution < -0.4 is 11.5 Å². The van der Waals surface area contributed by atoms with Crippen LogP contribution in [0.1, 0.15) is 10.9 Å². The molecule has 1 heterocycles. The summed E-state index contributed by atoms with van der Waals surface area (Å²) in [4.78, 5) is 1.16. The van der Waals surface area contributed by atoms with Gasteiger partial charge in [0.15, 0.2) is 0 Å². The van der Waals surface area contributed by atoms with E-state index in [0.717, 1.165) is 4.88 Å². The highest BCUT2D eigenvalue weighted by Gasteiger charge is 2.01. The minimum absolute atomic E-state index is 0.0324. The summed E-state index contributed by atoms with van der Waals surface area (Å²) < 4.78 is 0. The van der Waals surface area contributed by atoms with E-state index in [0.29, 0.717) is 6.54 Å². The molecule has 9 heavy (non-hydrogen) atoms. The molecule has 0 aliphatic heterocycles. The zero-order valence-corrected chi connectivity index (χ0v) is 5.90. The summed E-state index contributed by atoms with van der Waals surface area (Å²) >= 11 is 1.65. The van der Waals surface area contributed by atoms with Crippen LogP contribution >= 0.6 is 11.3 Å². The van der Waals surface area contributed by atoms with E-state index in [4.69, 9.17) is 11.5 Å². The van der Waals surface area contributed by atoms with Crippen LogP contribution in [-0.4, -0.2) is 6.54 Å². The third kappa shape index (κ3) is 1.51. The predicted molar refractivity (Wildman–Crippen MR) is 40.3 cm³/mol. The highest BCUT2D eigenvalue weighted by molar-refractivity contribution is 7.10. The lowest BCUT2D eigenvalue weighted by Gasteiger charge is -2.02. The Bertz CT molecular complexity index is 160. The topological polar surface area (TPSA) is 52.0 Å². The molecule has 0 radical (unpaired) electrons. The van der Waals surface area contributed by atoms with Crippen LogP contribution in [0.3, 0.4) is 0 Å². The first-order chi connectivity index (χ1) is 4.34. The van der Waals surface area contributed by atoms with Gasteiger partial charge in [-0.3, -0.25) is 0 Å². The van der Waals surface area contributed by atoms with E-state index in [1.54, 1.807) is 11.3 Å². The number of hydrogen-bond acceptors (Lipinski definition) is 3. The Hall–Kier alpha value is -0.380. The van der Waals surface area contributed by atoms with Crippen molar-refractivity contribution in [2.75, 3.05) is 6.54 Å².